The van der Waals surface area contributed by atoms with E-state index >= 15 is 0 Å². The lowest BCUT2D eigenvalue weighted by Crippen LogP contribution is -2.14. The molecule has 132 valence electrons. The van der Waals surface area contributed by atoms with Crippen LogP contribution in [-0.4, -0.2) is 37.7 Å². The minimum atomic E-state index is -0.176. The van der Waals surface area contributed by atoms with Gasteiger partial charge in [0.05, 0.1) is 11.4 Å². The van der Waals surface area contributed by atoms with Gasteiger partial charge in [-0.2, -0.15) is 4.68 Å². The standard InChI is InChI=1S/C18H17N5O2S/c1-12-5-3-4-6-16(12)23-18(20-21-22-23)26-11-17(25)19-15-9-7-14(8-10-15)13(2)24/h3-10H,11H2,1-2H3,(H,19,25). The van der Waals surface area contributed by atoms with Crippen molar-refractivity contribution in [3.05, 3.63) is 59.7 Å². The smallest absolute Gasteiger partial charge is 0.234 e. The van der Waals surface area contributed by atoms with Gasteiger partial charge in [-0.15, -0.1) is 5.10 Å². The first kappa shape index (κ1) is 17.8. The van der Waals surface area contributed by atoms with Gasteiger partial charge in [-0.05, 0) is 60.2 Å². The predicted octanol–water partition coefficient (Wildman–Crippen LogP) is 2.90. The first-order valence-electron chi connectivity index (χ1n) is 7.92. The molecule has 0 aliphatic rings. The highest BCUT2D eigenvalue weighted by atomic mass is 32.2. The zero-order chi connectivity index (χ0) is 18.5. The van der Waals surface area contributed by atoms with Crippen LogP contribution in [0.25, 0.3) is 5.69 Å². The Morgan fingerprint density at radius 1 is 1.12 bits per heavy atom. The molecule has 3 rings (SSSR count). The number of Topliss-reactive ketones (excluding diaryl/α,β-unsaturated/α-hetero) is 1. The third kappa shape index (κ3) is 4.15. The molecule has 1 aromatic heterocycles. The van der Waals surface area contributed by atoms with Crippen molar-refractivity contribution >= 4 is 29.1 Å². The minimum absolute atomic E-state index is 0.0125. The van der Waals surface area contributed by atoms with Gasteiger partial charge in [0.25, 0.3) is 0 Å². The van der Waals surface area contributed by atoms with Crippen molar-refractivity contribution < 1.29 is 9.59 Å². The lowest BCUT2D eigenvalue weighted by molar-refractivity contribution is -0.113. The Hall–Kier alpha value is -3.00. The second kappa shape index (κ2) is 7.92. The van der Waals surface area contributed by atoms with E-state index in [-0.39, 0.29) is 17.4 Å². The Morgan fingerprint density at radius 3 is 2.54 bits per heavy atom. The van der Waals surface area contributed by atoms with Gasteiger partial charge in [-0.25, -0.2) is 0 Å². The van der Waals surface area contributed by atoms with E-state index in [9.17, 15) is 9.59 Å². The van der Waals surface area contributed by atoms with Gasteiger partial charge in [0, 0.05) is 11.3 Å². The molecule has 0 saturated heterocycles. The number of rotatable bonds is 6. The number of amides is 1. The van der Waals surface area contributed by atoms with Gasteiger partial charge in [0.1, 0.15) is 0 Å². The lowest BCUT2D eigenvalue weighted by Gasteiger charge is -2.08. The molecule has 1 amide bonds. The summed E-state index contributed by atoms with van der Waals surface area (Å²) in [4.78, 5) is 23.4. The molecule has 3 aromatic rings. The molecule has 0 radical (unpaired) electrons. The monoisotopic (exact) mass is 367 g/mol. The highest BCUT2D eigenvalue weighted by Crippen LogP contribution is 2.20. The van der Waals surface area contributed by atoms with Gasteiger partial charge in [0.15, 0.2) is 5.78 Å². The van der Waals surface area contributed by atoms with Crippen molar-refractivity contribution in [3.8, 4) is 5.69 Å². The molecular weight excluding hydrogens is 350 g/mol. The van der Waals surface area contributed by atoms with Crippen LogP contribution in [-0.2, 0) is 4.79 Å². The molecule has 0 unspecified atom stereocenters. The van der Waals surface area contributed by atoms with Crippen molar-refractivity contribution in [1.82, 2.24) is 20.2 Å². The topological polar surface area (TPSA) is 89.8 Å². The van der Waals surface area contributed by atoms with Crippen LogP contribution >= 0.6 is 11.8 Å². The summed E-state index contributed by atoms with van der Waals surface area (Å²) in [6.07, 6.45) is 0. The number of carbonyl (C=O) groups excluding carboxylic acids is 2. The molecule has 0 saturated carbocycles. The number of hydrogen-bond acceptors (Lipinski definition) is 6. The molecule has 7 nitrogen and oxygen atoms in total. The van der Waals surface area contributed by atoms with Crippen LogP contribution in [0.3, 0.4) is 0 Å². The Kier molecular flexibility index (Phi) is 5.43. The summed E-state index contributed by atoms with van der Waals surface area (Å²) in [6, 6.07) is 14.5. The summed E-state index contributed by atoms with van der Waals surface area (Å²) < 4.78 is 1.62. The fraction of sp³-hybridized carbons (Fsp3) is 0.167. The Bertz CT molecular complexity index is 937. The van der Waals surface area contributed by atoms with E-state index in [1.807, 2.05) is 31.2 Å². The first-order chi connectivity index (χ1) is 12.5. The van der Waals surface area contributed by atoms with E-state index in [0.29, 0.717) is 16.4 Å². The number of aromatic nitrogens is 4. The molecule has 0 bridgehead atoms. The van der Waals surface area contributed by atoms with Gasteiger partial charge >= 0.3 is 0 Å². The van der Waals surface area contributed by atoms with Crippen molar-refractivity contribution in [2.75, 3.05) is 11.1 Å². The maximum absolute atomic E-state index is 12.2. The van der Waals surface area contributed by atoms with E-state index in [2.05, 4.69) is 20.8 Å². The first-order valence-corrected chi connectivity index (χ1v) is 8.91. The normalized spacial score (nSPS) is 10.5. The number of tetrazole rings is 1. The summed E-state index contributed by atoms with van der Waals surface area (Å²) in [6.45, 7) is 3.48. The second-order valence-electron chi connectivity index (χ2n) is 5.63. The van der Waals surface area contributed by atoms with E-state index in [1.54, 1.807) is 28.9 Å². The zero-order valence-corrected chi connectivity index (χ0v) is 15.2. The molecule has 0 aliphatic carbocycles. The maximum Gasteiger partial charge on any atom is 0.234 e. The zero-order valence-electron chi connectivity index (χ0n) is 14.3. The minimum Gasteiger partial charge on any atom is -0.325 e. The Morgan fingerprint density at radius 2 is 1.85 bits per heavy atom. The lowest BCUT2D eigenvalue weighted by atomic mass is 10.1. The summed E-state index contributed by atoms with van der Waals surface area (Å²) in [5.74, 6) is -0.0212. The maximum atomic E-state index is 12.2. The number of hydrogen-bond donors (Lipinski definition) is 1. The van der Waals surface area contributed by atoms with E-state index in [1.165, 1.54) is 18.7 Å². The summed E-state index contributed by atoms with van der Waals surface area (Å²) in [7, 11) is 0. The average Bonchev–Trinajstić information content (AvgIpc) is 3.09. The number of ketones is 1. The Balaban J connectivity index is 1.63. The molecule has 1 heterocycles. The molecule has 1 N–H and O–H groups in total. The van der Waals surface area contributed by atoms with Crippen LogP contribution in [0.1, 0.15) is 22.8 Å². The molecular formula is C18H17N5O2S. The fourth-order valence-corrected chi connectivity index (χ4v) is 3.02. The molecule has 0 atom stereocenters. The number of aryl methyl sites for hydroxylation is 1. The van der Waals surface area contributed by atoms with Crippen LogP contribution in [0, 0.1) is 6.92 Å². The van der Waals surface area contributed by atoms with Crippen LogP contribution < -0.4 is 5.32 Å². The van der Waals surface area contributed by atoms with Gasteiger partial charge in [-0.3, -0.25) is 9.59 Å². The third-order valence-corrected chi connectivity index (χ3v) is 4.61. The molecule has 26 heavy (non-hydrogen) atoms. The van der Waals surface area contributed by atoms with Crippen LogP contribution in [0.5, 0.6) is 0 Å². The predicted molar refractivity (Wildman–Crippen MR) is 99.7 cm³/mol. The number of para-hydroxylation sites is 1. The van der Waals surface area contributed by atoms with E-state index in [0.717, 1.165) is 11.3 Å². The molecule has 0 fully saturated rings. The number of anilines is 1. The molecule has 0 aliphatic heterocycles. The molecule has 0 spiro atoms. The largest absolute Gasteiger partial charge is 0.325 e. The van der Waals surface area contributed by atoms with Crippen molar-refractivity contribution in [2.45, 2.75) is 19.0 Å². The number of carbonyl (C=O) groups is 2. The molecule has 2 aromatic carbocycles. The van der Waals surface area contributed by atoms with Gasteiger partial charge in [-0.1, -0.05) is 30.0 Å². The third-order valence-electron chi connectivity index (χ3n) is 3.69. The van der Waals surface area contributed by atoms with Gasteiger partial charge in [0.2, 0.25) is 11.1 Å². The van der Waals surface area contributed by atoms with Crippen LogP contribution in [0.2, 0.25) is 0 Å². The average molecular weight is 367 g/mol. The molecule has 8 heteroatoms. The summed E-state index contributed by atoms with van der Waals surface area (Å²) in [5.41, 5.74) is 3.16. The number of thioether (sulfide) groups is 1. The highest BCUT2D eigenvalue weighted by Gasteiger charge is 2.13. The van der Waals surface area contributed by atoms with Crippen molar-refractivity contribution in [2.24, 2.45) is 0 Å². The number of nitrogens with zero attached hydrogens (tertiary/aromatic N) is 4. The van der Waals surface area contributed by atoms with Gasteiger partial charge < -0.3 is 5.32 Å². The van der Waals surface area contributed by atoms with E-state index in [4.69, 9.17) is 0 Å². The van der Waals surface area contributed by atoms with Crippen molar-refractivity contribution in [1.29, 1.82) is 0 Å². The number of benzene rings is 2. The Labute approximate surface area is 154 Å². The fourth-order valence-electron chi connectivity index (χ4n) is 2.34. The quantitative estimate of drug-likeness (QED) is 0.532. The van der Waals surface area contributed by atoms with Crippen LogP contribution in [0.15, 0.2) is 53.7 Å². The van der Waals surface area contributed by atoms with Crippen molar-refractivity contribution in [3.63, 3.8) is 0 Å². The van der Waals surface area contributed by atoms with Crippen LogP contribution in [0.4, 0.5) is 5.69 Å². The highest BCUT2D eigenvalue weighted by molar-refractivity contribution is 7.99. The SMILES string of the molecule is CC(=O)c1ccc(NC(=O)CSc2nnnn2-c2ccccc2C)cc1. The van der Waals surface area contributed by atoms with E-state index < -0.39 is 0 Å². The second-order valence-corrected chi connectivity index (χ2v) is 6.57. The summed E-state index contributed by atoms with van der Waals surface area (Å²) >= 11 is 1.25. The summed E-state index contributed by atoms with van der Waals surface area (Å²) in [5, 5.41) is 15.0. The number of nitrogens with one attached hydrogen (secondary N) is 1.